The molecule has 0 bridgehead atoms. The number of nitrogens with zero attached hydrogens (tertiary/aromatic N) is 2. The van der Waals surface area contributed by atoms with Crippen LogP contribution in [0.25, 0.3) is 11.4 Å². The Labute approximate surface area is 168 Å². The molecule has 7 heteroatoms. The normalized spacial score (nSPS) is 10.5. The van der Waals surface area contributed by atoms with Crippen molar-refractivity contribution in [2.75, 3.05) is 25.6 Å². The molecule has 2 N–H and O–H groups in total. The largest absolute Gasteiger partial charge is 0.385 e. The highest BCUT2D eigenvalue weighted by Gasteiger charge is 2.13. The number of carbonyl (C=O) groups is 1. The number of nitrogens with one attached hydrogen (secondary N) is 2. The Morgan fingerprint density at radius 3 is 2.57 bits per heavy atom. The highest BCUT2D eigenvalue weighted by molar-refractivity contribution is 6.33. The molecule has 1 amide bonds. The van der Waals surface area contributed by atoms with Crippen LogP contribution in [0, 0.1) is 0 Å². The van der Waals surface area contributed by atoms with Gasteiger partial charge in [-0.25, -0.2) is 9.97 Å². The predicted molar refractivity (Wildman–Crippen MR) is 111 cm³/mol. The molecule has 0 fully saturated rings. The van der Waals surface area contributed by atoms with Crippen molar-refractivity contribution in [1.29, 1.82) is 0 Å². The van der Waals surface area contributed by atoms with Crippen LogP contribution in [0.3, 0.4) is 0 Å². The fourth-order valence-corrected chi connectivity index (χ4v) is 2.74. The molecule has 0 aliphatic rings. The molecule has 144 valence electrons. The maximum Gasteiger partial charge on any atom is 0.270 e. The van der Waals surface area contributed by atoms with E-state index in [9.17, 15) is 4.79 Å². The van der Waals surface area contributed by atoms with E-state index in [4.69, 9.17) is 16.3 Å². The van der Waals surface area contributed by atoms with Gasteiger partial charge in [0.25, 0.3) is 5.91 Å². The maximum absolute atomic E-state index is 12.6. The molecule has 1 aromatic heterocycles. The number of anilines is 2. The van der Waals surface area contributed by atoms with Gasteiger partial charge in [0.2, 0.25) is 0 Å². The lowest BCUT2D eigenvalue weighted by atomic mass is 10.2. The number of carbonyl (C=O) groups excluding carboxylic acids is 1. The van der Waals surface area contributed by atoms with Gasteiger partial charge in [-0.05, 0) is 18.6 Å². The van der Waals surface area contributed by atoms with E-state index >= 15 is 0 Å². The summed E-state index contributed by atoms with van der Waals surface area (Å²) in [5.74, 6) is 0.682. The van der Waals surface area contributed by atoms with Crippen molar-refractivity contribution in [3.63, 3.8) is 0 Å². The Balaban J connectivity index is 1.90. The van der Waals surface area contributed by atoms with Crippen LogP contribution in [-0.4, -0.2) is 36.1 Å². The summed E-state index contributed by atoms with van der Waals surface area (Å²) >= 11 is 6.23. The van der Waals surface area contributed by atoms with Gasteiger partial charge < -0.3 is 15.4 Å². The molecule has 0 atom stereocenters. The Morgan fingerprint density at radius 2 is 1.82 bits per heavy atom. The van der Waals surface area contributed by atoms with Gasteiger partial charge in [0.15, 0.2) is 5.82 Å². The molecule has 0 saturated heterocycles. The minimum Gasteiger partial charge on any atom is -0.385 e. The molecule has 0 saturated carbocycles. The van der Waals surface area contributed by atoms with E-state index in [-0.39, 0.29) is 11.6 Å². The zero-order chi connectivity index (χ0) is 19.8. The molecule has 0 spiro atoms. The van der Waals surface area contributed by atoms with Gasteiger partial charge in [-0.3, -0.25) is 4.79 Å². The number of benzene rings is 2. The first kappa shape index (κ1) is 19.8. The van der Waals surface area contributed by atoms with E-state index in [0.717, 1.165) is 12.0 Å². The summed E-state index contributed by atoms with van der Waals surface area (Å²) in [6.07, 6.45) is 0.726. The minimum atomic E-state index is -0.266. The molecule has 3 rings (SSSR count). The van der Waals surface area contributed by atoms with Crippen molar-refractivity contribution >= 4 is 29.0 Å². The summed E-state index contributed by atoms with van der Waals surface area (Å²) in [6.45, 7) is 1.09. The van der Waals surface area contributed by atoms with Gasteiger partial charge in [0.05, 0.1) is 10.7 Å². The van der Waals surface area contributed by atoms with Crippen molar-refractivity contribution in [3.8, 4) is 11.4 Å². The van der Waals surface area contributed by atoms with Gasteiger partial charge in [0.1, 0.15) is 11.5 Å². The zero-order valence-corrected chi connectivity index (χ0v) is 16.2. The van der Waals surface area contributed by atoms with Crippen molar-refractivity contribution in [2.45, 2.75) is 6.42 Å². The Hall–Kier alpha value is -2.96. The molecule has 0 aliphatic heterocycles. The molecule has 3 aromatic rings. The van der Waals surface area contributed by atoms with Crippen LogP contribution in [-0.2, 0) is 4.74 Å². The third-order valence-corrected chi connectivity index (χ3v) is 4.27. The number of rotatable bonds is 8. The van der Waals surface area contributed by atoms with Crippen LogP contribution in [0.1, 0.15) is 16.9 Å². The first-order valence-electron chi connectivity index (χ1n) is 8.90. The summed E-state index contributed by atoms with van der Waals surface area (Å²) < 4.78 is 5.00. The number of methoxy groups -OCH3 is 1. The summed E-state index contributed by atoms with van der Waals surface area (Å²) in [6, 6.07) is 18.5. The average Bonchev–Trinajstić information content (AvgIpc) is 2.73. The van der Waals surface area contributed by atoms with E-state index < -0.39 is 0 Å². The molecule has 28 heavy (non-hydrogen) atoms. The fourth-order valence-electron chi connectivity index (χ4n) is 2.55. The number of aromatic nitrogens is 2. The second-order valence-corrected chi connectivity index (χ2v) is 6.44. The Bertz CT molecular complexity index is 935. The molecule has 6 nitrogen and oxygen atoms in total. The van der Waals surface area contributed by atoms with Crippen molar-refractivity contribution in [3.05, 3.63) is 71.4 Å². The molecule has 0 radical (unpaired) electrons. The first-order chi connectivity index (χ1) is 13.7. The third kappa shape index (κ3) is 5.28. The highest BCUT2D eigenvalue weighted by Crippen LogP contribution is 2.25. The molecule has 0 aliphatic carbocycles. The van der Waals surface area contributed by atoms with Gasteiger partial charge in [-0.2, -0.15) is 0 Å². The van der Waals surface area contributed by atoms with Crippen LogP contribution in [0.4, 0.5) is 11.5 Å². The van der Waals surface area contributed by atoms with Gasteiger partial charge in [-0.15, -0.1) is 0 Å². The van der Waals surface area contributed by atoms with E-state index in [2.05, 4.69) is 20.6 Å². The SMILES string of the molecule is COCCCNC(=O)c1cc(Nc2ccccc2Cl)nc(-c2ccccc2)n1. The maximum atomic E-state index is 12.6. The van der Waals surface area contributed by atoms with E-state index in [1.807, 2.05) is 48.5 Å². The quantitative estimate of drug-likeness (QED) is 0.555. The number of hydrogen-bond acceptors (Lipinski definition) is 5. The zero-order valence-electron chi connectivity index (χ0n) is 15.5. The summed E-state index contributed by atoms with van der Waals surface area (Å²) in [5, 5.41) is 6.59. The van der Waals surface area contributed by atoms with E-state index in [0.29, 0.717) is 35.5 Å². The predicted octanol–water partition coefficient (Wildman–Crippen LogP) is 4.31. The van der Waals surface area contributed by atoms with Gasteiger partial charge in [-0.1, -0.05) is 54.1 Å². The van der Waals surface area contributed by atoms with Crippen molar-refractivity contribution in [1.82, 2.24) is 15.3 Å². The van der Waals surface area contributed by atoms with Crippen molar-refractivity contribution in [2.24, 2.45) is 0 Å². The summed E-state index contributed by atoms with van der Waals surface area (Å²) in [4.78, 5) is 21.6. The lowest BCUT2D eigenvalue weighted by Crippen LogP contribution is -2.26. The van der Waals surface area contributed by atoms with Crippen LogP contribution in [0.5, 0.6) is 0 Å². The van der Waals surface area contributed by atoms with Crippen LogP contribution in [0.2, 0.25) is 5.02 Å². The smallest absolute Gasteiger partial charge is 0.270 e. The molecular weight excluding hydrogens is 376 g/mol. The molecule has 1 heterocycles. The first-order valence-corrected chi connectivity index (χ1v) is 9.28. The van der Waals surface area contributed by atoms with E-state index in [1.54, 1.807) is 19.2 Å². The van der Waals surface area contributed by atoms with E-state index in [1.165, 1.54) is 0 Å². The Kier molecular flexibility index (Phi) is 6.94. The number of para-hydroxylation sites is 1. The third-order valence-electron chi connectivity index (χ3n) is 3.94. The van der Waals surface area contributed by atoms with Crippen LogP contribution >= 0.6 is 11.6 Å². The molecule has 2 aromatic carbocycles. The highest BCUT2D eigenvalue weighted by atomic mass is 35.5. The van der Waals surface area contributed by atoms with Crippen LogP contribution < -0.4 is 10.6 Å². The van der Waals surface area contributed by atoms with Crippen LogP contribution in [0.15, 0.2) is 60.7 Å². The monoisotopic (exact) mass is 396 g/mol. The molecule has 0 unspecified atom stereocenters. The number of hydrogen-bond donors (Lipinski definition) is 2. The minimum absolute atomic E-state index is 0.266. The second kappa shape index (κ2) is 9.82. The van der Waals surface area contributed by atoms with Gasteiger partial charge in [0, 0.05) is 31.9 Å². The number of halogens is 1. The summed E-state index contributed by atoms with van der Waals surface area (Å²) in [7, 11) is 1.63. The molecular formula is C21H21ClN4O2. The van der Waals surface area contributed by atoms with Gasteiger partial charge >= 0.3 is 0 Å². The standard InChI is InChI=1S/C21H21ClN4O2/c1-28-13-7-12-23-21(27)18-14-19(24-17-11-6-5-10-16(17)22)26-20(25-18)15-8-3-2-4-9-15/h2-6,8-11,14H,7,12-13H2,1H3,(H,23,27)(H,24,25,26). The lowest BCUT2D eigenvalue weighted by molar-refractivity contribution is 0.0943. The number of amides is 1. The fraction of sp³-hybridized carbons (Fsp3) is 0.190. The Morgan fingerprint density at radius 1 is 1.07 bits per heavy atom. The number of ether oxygens (including phenoxy) is 1. The topological polar surface area (TPSA) is 76.1 Å². The van der Waals surface area contributed by atoms with Crippen molar-refractivity contribution < 1.29 is 9.53 Å². The lowest BCUT2D eigenvalue weighted by Gasteiger charge is -2.11. The summed E-state index contributed by atoms with van der Waals surface area (Å²) in [5.41, 5.74) is 1.80. The second-order valence-electron chi connectivity index (χ2n) is 6.04. The average molecular weight is 397 g/mol.